The summed E-state index contributed by atoms with van der Waals surface area (Å²) in [7, 11) is 0. The summed E-state index contributed by atoms with van der Waals surface area (Å²) in [6, 6.07) is 4.21. The Kier molecular flexibility index (Phi) is 2.11. The molecular formula is C8H5BrS2. The predicted octanol–water partition coefficient (Wildman–Crippen LogP) is 4.24. The van der Waals surface area contributed by atoms with Crippen LogP contribution in [-0.4, -0.2) is 0 Å². The Hall–Kier alpha value is -0.120. The second kappa shape index (κ2) is 3.09. The zero-order valence-corrected chi connectivity index (χ0v) is 8.80. The quantitative estimate of drug-likeness (QED) is 0.704. The fraction of sp³-hybridized carbons (Fsp3) is 0. The van der Waals surface area contributed by atoms with Gasteiger partial charge in [-0.2, -0.15) is 11.3 Å². The van der Waals surface area contributed by atoms with E-state index in [0.29, 0.717) is 0 Å². The van der Waals surface area contributed by atoms with Gasteiger partial charge in [0.1, 0.15) is 0 Å². The number of hydrogen-bond acceptors (Lipinski definition) is 2. The van der Waals surface area contributed by atoms with Crippen LogP contribution in [0.4, 0.5) is 0 Å². The van der Waals surface area contributed by atoms with Crippen molar-refractivity contribution in [1.29, 1.82) is 0 Å². The standard InChI is InChI=1S/C8H5BrS2/c9-7-5-10-4-6(7)8-2-1-3-11-8/h1-5H. The third kappa shape index (κ3) is 1.41. The number of halogens is 1. The van der Waals surface area contributed by atoms with E-state index in [0.717, 1.165) is 0 Å². The minimum absolute atomic E-state index is 1.20. The van der Waals surface area contributed by atoms with Crippen molar-refractivity contribution in [3.05, 3.63) is 32.7 Å². The van der Waals surface area contributed by atoms with E-state index >= 15 is 0 Å². The van der Waals surface area contributed by atoms with Crippen molar-refractivity contribution in [2.75, 3.05) is 0 Å². The van der Waals surface area contributed by atoms with Crippen molar-refractivity contribution >= 4 is 38.6 Å². The summed E-state index contributed by atoms with van der Waals surface area (Å²) < 4.78 is 1.20. The van der Waals surface area contributed by atoms with Gasteiger partial charge >= 0.3 is 0 Å². The van der Waals surface area contributed by atoms with Gasteiger partial charge in [-0.15, -0.1) is 11.3 Å². The Labute approximate surface area is 81.6 Å². The van der Waals surface area contributed by atoms with E-state index in [4.69, 9.17) is 0 Å². The first-order valence-corrected chi connectivity index (χ1v) is 5.75. The third-order valence-electron chi connectivity index (χ3n) is 1.40. The second-order valence-electron chi connectivity index (χ2n) is 2.11. The summed E-state index contributed by atoms with van der Waals surface area (Å²) in [5.41, 5.74) is 1.31. The zero-order valence-electron chi connectivity index (χ0n) is 5.58. The van der Waals surface area contributed by atoms with E-state index in [1.807, 2.05) is 0 Å². The first-order valence-electron chi connectivity index (χ1n) is 3.13. The van der Waals surface area contributed by atoms with Gasteiger partial charge in [-0.25, -0.2) is 0 Å². The molecule has 0 aliphatic carbocycles. The Morgan fingerprint density at radius 3 is 2.73 bits per heavy atom. The molecule has 0 atom stereocenters. The van der Waals surface area contributed by atoms with Crippen molar-refractivity contribution in [3.8, 4) is 10.4 Å². The Morgan fingerprint density at radius 1 is 1.27 bits per heavy atom. The van der Waals surface area contributed by atoms with Gasteiger partial charge in [-0.05, 0) is 27.4 Å². The van der Waals surface area contributed by atoms with E-state index in [2.05, 4.69) is 44.2 Å². The van der Waals surface area contributed by atoms with Gasteiger partial charge < -0.3 is 0 Å². The smallest absolute Gasteiger partial charge is 0.0368 e. The van der Waals surface area contributed by atoms with Crippen molar-refractivity contribution in [2.24, 2.45) is 0 Å². The zero-order chi connectivity index (χ0) is 7.68. The van der Waals surface area contributed by atoms with Crippen LogP contribution in [0, 0.1) is 0 Å². The summed E-state index contributed by atoms with van der Waals surface area (Å²) >= 11 is 7.00. The fourth-order valence-corrected chi connectivity index (χ4v) is 3.36. The van der Waals surface area contributed by atoms with Gasteiger partial charge in [-0.1, -0.05) is 6.07 Å². The average molecular weight is 245 g/mol. The van der Waals surface area contributed by atoms with E-state index in [9.17, 15) is 0 Å². The second-order valence-corrected chi connectivity index (χ2v) is 4.66. The van der Waals surface area contributed by atoms with Gasteiger partial charge in [0.15, 0.2) is 0 Å². The molecule has 0 aliphatic rings. The van der Waals surface area contributed by atoms with Crippen LogP contribution >= 0.6 is 38.6 Å². The lowest BCUT2D eigenvalue weighted by atomic mass is 10.3. The van der Waals surface area contributed by atoms with Crippen LogP contribution in [0.3, 0.4) is 0 Å². The van der Waals surface area contributed by atoms with Gasteiger partial charge in [0.05, 0.1) is 0 Å². The van der Waals surface area contributed by atoms with Gasteiger partial charge in [0.2, 0.25) is 0 Å². The first kappa shape index (κ1) is 7.53. The molecule has 0 radical (unpaired) electrons. The molecule has 0 saturated carbocycles. The summed E-state index contributed by atoms with van der Waals surface area (Å²) in [5.74, 6) is 0. The fourth-order valence-electron chi connectivity index (χ4n) is 0.889. The third-order valence-corrected chi connectivity index (χ3v) is 4.01. The molecule has 2 aromatic rings. The molecule has 2 aromatic heterocycles. The Morgan fingerprint density at radius 2 is 2.18 bits per heavy atom. The molecular weight excluding hydrogens is 240 g/mol. The van der Waals surface area contributed by atoms with Gasteiger partial charge in [0, 0.05) is 25.7 Å². The van der Waals surface area contributed by atoms with Crippen LogP contribution in [0.1, 0.15) is 0 Å². The normalized spacial score (nSPS) is 10.3. The maximum absolute atomic E-state index is 3.50. The molecule has 3 heteroatoms. The number of thiophene rings is 2. The SMILES string of the molecule is Brc1cscc1-c1cccs1. The highest BCUT2D eigenvalue weighted by atomic mass is 79.9. The van der Waals surface area contributed by atoms with Gasteiger partial charge in [0.25, 0.3) is 0 Å². The highest BCUT2D eigenvalue weighted by Gasteiger charge is 2.03. The highest BCUT2D eigenvalue weighted by molar-refractivity contribution is 9.10. The van der Waals surface area contributed by atoms with Crippen LogP contribution in [0.25, 0.3) is 10.4 Å². The number of rotatable bonds is 1. The molecule has 0 N–H and O–H groups in total. The van der Waals surface area contributed by atoms with Crippen LogP contribution in [0.15, 0.2) is 32.7 Å². The van der Waals surface area contributed by atoms with E-state index in [-0.39, 0.29) is 0 Å². The average Bonchev–Trinajstić information content (AvgIpc) is 2.55. The molecule has 11 heavy (non-hydrogen) atoms. The lowest BCUT2D eigenvalue weighted by Crippen LogP contribution is -1.63. The highest BCUT2D eigenvalue weighted by Crippen LogP contribution is 2.34. The summed E-state index contributed by atoms with van der Waals surface area (Å²) in [5, 5.41) is 6.37. The van der Waals surface area contributed by atoms with Crippen LogP contribution in [0.5, 0.6) is 0 Å². The lowest BCUT2D eigenvalue weighted by molar-refractivity contribution is 1.83. The summed E-state index contributed by atoms with van der Waals surface area (Å²) in [6.45, 7) is 0. The maximum atomic E-state index is 3.50. The molecule has 0 bridgehead atoms. The Balaban J connectivity index is 2.53. The van der Waals surface area contributed by atoms with Crippen molar-refractivity contribution in [2.45, 2.75) is 0 Å². The van der Waals surface area contributed by atoms with Crippen LogP contribution in [-0.2, 0) is 0 Å². The van der Waals surface area contributed by atoms with Crippen molar-refractivity contribution in [1.82, 2.24) is 0 Å². The molecule has 0 fully saturated rings. The van der Waals surface area contributed by atoms with E-state index < -0.39 is 0 Å². The molecule has 0 saturated heterocycles. The molecule has 2 rings (SSSR count). The number of hydrogen-bond donors (Lipinski definition) is 0. The monoisotopic (exact) mass is 244 g/mol. The molecule has 0 aliphatic heterocycles. The van der Waals surface area contributed by atoms with Gasteiger partial charge in [-0.3, -0.25) is 0 Å². The van der Waals surface area contributed by atoms with E-state index in [1.54, 1.807) is 22.7 Å². The molecule has 0 aromatic carbocycles. The maximum Gasteiger partial charge on any atom is 0.0368 e. The largest absolute Gasteiger partial charge is 0.151 e. The first-order chi connectivity index (χ1) is 5.38. The summed E-state index contributed by atoms with van der Waals surface area (Å²) in [4.78, 5) is 1.33. The molecule has 0 nitrogen and oxygen atoms in total. The van der Waals surface area contributed by atoms with Crippen molar-refractivity contribution in [3.63, 3.8) is 0 Å². The molecule has 0 unspecified atom stereocenters. The van der Waals surface area contributed by atoms with Crippen LogP contribution in [0.2, 0.25) is 0 Å². The Bertz CT molecular complexity index is 335. The minimum Gasteiger partial charge on any atom is -0.151 e. The predicted molar refractivity (Wildman–Crippen MR) is 55.3 cm³/mol. The molecule has 0 spiro atoms. The minimum atomic E-state index is 1.20. The van der Waals surface area contributed by atoms with Crippen LogP contribution < -0.4 is 0 Å². The van der Waals surface area contributed by atoms with E-state index in [1.165, 1.54) is 14.9 Å². The molecule has 2 heterocycles. The van der Waals surface area contributed by atoms with Crippen molar-refractivity contribution < 1.29 is 0 Å². The lowest BCUT2D eigenvalue weighted by Gasteiger charge is -1.90. The molecule has 56 valence electrons. The summed E-state index contributed by atoms with van der Waals surface area (Å²) in [6.07, 6.45) is 0. The molecule has 0 amide bonds. The topological polar surface area (TPSA) is 0 Å².